The molecule has 1 atom stereocenters. The molecule has 0 bridgehead atoms. The van der Waals surface area contributed by atoms with Gasteiger partial charge in [0.2, 0.25) is 11.3 Å². The number of azo groups is 1. The second-order valence-corrected chi connectivity index (χ2v) is 2.86. The van der Waals surface area contributed by atoms with E-state index >= 15 is 0 Å². The van der Waals surface area contributed by atoms with E-state index in [0.717, 1.165) is 5.76 Å². The summed E-state index contributed by atoms with van der Waals surface area (Å²) in [7, 11) is 1.84. The first-order valence-electron chi connectivity index (χ1n) is 3.50. The molecule has 1 unspecified atom stereocenters. The number of thiocarbonyl (C=S) groups is 1. The first kappa shape index (κ1) is 7.42. The van der Waals surface area contributed by atoms with E-state index in [1.54, 1.807) is 11.2 Å². The van der Waals surface area contributed by atoms with Crippen LogP contribution in [0.1, 0.15) is 11.9 Å². The van der Waals surface area contributed by atoms with Gasteiger partial charge in [-0.25, -0.2) is 0 Å². The van der Waals surface area contributed by atoms with Crippen molar-refractivity contribution in [3.63, 3.8) is 0 Å². The van der Waals surface area contributed by atoms with Gasteiger partial charge in [0.1, 0.15) is 0 Å². The molecular weight excluding hydrogens is 174 g/mol. The number of furan rings is 1. The smallest absolute Gasteiger partial charge is 0.217 e. The zero-order valence-electron chi connectivity index (χ0n) is 6.47. The standard InChI is InChI=1S/C7H7N3OS/c1-10-6(8-9-7(10)12)5-3-2-4-11-5/h2-4,6H,1H3. The van der Waals surface area contributed by atoms with Gasteiger partial charge < -0.3 is 9.32 Å². The van der Waals surface area contributed by atoms with Crippen LogP contribution >= 0.6 is 12.2 Å². The summed E-state index contributed by atoms with van der Waals surface area (Å²) in [6.07, 6.45) is 1.44. The second-order valence-electron chi connectivity index (χ2n) is 2.50. The molecule has 0 aliphatic carbocycles. The SMILES string of the molecule is CN1C(=S)N=NC1c1ccco1. The summed E-state index contributed by atoms with van der Waals surface area (Å²) in [6.45, 7) is 0. The highest BCUT2D eigenvalue weighted by Crippen LogP contribution is 2.26. The van der Waals surface area contributed by atoms with Crippen molar-refractivity contribution in [3.05, 3.63) is 24.2 Å². The molecule has 0 spiro atoms. The maximum atomic E-state index is 5.18. The van der Waals surface area contributed by atoms with Crippen molar-refractivity contribution in [2.45, 2.75) is 6.17 Å². The third-order valence-electron chi connectivity index (χ3n) is 1.72. The Hall–Kier alpha value is -1.23. The van der Waals surface area contributed by atoms with Gasteiger partial charge in [0.15, 0.2) is 5.76 Å². The lowest BCUT2D eigenvalue weighted by Crippen LogP contribution is -2.21. The normalized spacial score (nSPS) is 22.2. The number of rotatable bonds is 1. The van der Waals surface area contributed by atoms with E-state index in [2.05, 4.69) is 10.2 Å². The molecule has 0 N–H and O–H groups in total. The Labute approximate surface area is 74.9 Å². The van der Waals surface area contributed by atoms with Gasteiger partial charge in [0.25, 0.3) is 0 Å². The average Bonchev–Trinajstić information content (AvgIpc) is 2.64. The molecule has 12 heavy (non-hydrogen) atoms. The fraction of sp³-hybridized carbons (Fsp3) is 0.286. The molecule has 0 fully saturated rings. The molecule has 0 saturated carbocycles. The molecule has 62 valence electrons. The van der Waals surface area contributed by atoms with Crippen molar-refractivity contribution < 1.29 is 4.42 Å². The number of hydrogen-bond donors (Lipinski definition) is 0. The van der Waals surface area contributed by atoms with Crippen molar-refractivity contribution in [1.82, 2.24) is 4.90 Å². The van der Waals surface area contributed by atoms with Gasteiger partial charge in [-0.15, -0.1) is 5.11 Å². The van der Waals surface area contributed by atoms with Crippen LogP contribution in [0.4, 0.5) is 0 Å². The van der Waals surface area contributed by atoms with Gasteiger partial charge >= 0.3 is 0 Å². The van der Waals surface area contributed by atoms with E-state index in [1.165, 1.54) is 0 Å². The van der Waals surface area contributed by atoms with E-state index in [0.29, 0.717) is 5.11 Å². The summed E-state index contributed by atoms with van der Waals surface area (Å²) in [4.78, 5) is 1.79. The molecule has 2 heterocycles. The largest absolute Gasteiger partial charge is 0.465 e. The van der Waals surface area contributed by atoms with Crippen LogP contribution in [0.2, 0.25) is 0 Å². The molecular formula is C7H7N3OS. The van der Waals surface area contributed by atoms with Crippen LogP contribution < -0.4 is 0 Å². The predicted molar refractivity (Wildman–Crippen MR) is 46.7 cm³/mol. The highest BCUT2D eigenvalue weighted by molar-refractivity contribution is 7.80. The minimum atomic E-state index is -0.174. The van der Waals surface area contributed by atoms with Gasteiger partial charge in [0.05, 0.1) is 6.26 Å². The Kier molecular flexibility index (Phi) is 1.65. The fourth-order valence-corrected chi connectivity index (χ4v) is 1.19. The van der Waals surface area contributed by atoms with Gasteiger partial charge in [-0.3, -0.25) is 0 Å². The van der Waals surface area contributed by atoms with Crippen LogP contribution in [0, 0.1) is 0 Å². The molecule has 1 aromatic rings. The van der Waals surface area contributed by atoms with Gasteiger partial charge in [-0.1, -0.05) is 0 Å². The third-order valence-corrected chi connectivity index (χ3v) is 2.09. The lowest BCUT2D eigenvalue weighted by atomic mass is 10.3. The van der Waals surface area contributed by atoms with Crippen molar-refractivity contribution in [2.24, 2.45) is 10.2 Å². The fourth-order valence-electron chi connectivity index (χ4n) is 1.04. The van der Waals surface area contributed by atoms with Crippen LogP contribution in [0.3, 0.4) is 0 Å². The molecule has 0 amide bonds. The molecule has 1 aromatic heterocycles. The summed E-state index contributed by atoms with van der Waals surface area (Å²) >= 11 is 4.92. The van der Waals surface area contributed by atoms with Gasteiger partial charge in [-0.05, 0) is 24.4 Å². The van der Waals surface area contributed by atoms with Crippen molar-refractivity contribution >= 4 is 17.3 Å². The molecule has 0 radical (unpaired) electrons. The molecule has 1 aliphatic heterocycles. The number of nitrogens with zero attached hydrogens (tertiary/aromatic N) is 3. The van der Waals surface area contributed by atoms with Gasteiger partial charge in [-0.2, -0.15) is 5.11 Å². The van der Waals surface area contributed by atoms with Crippen molar-refractivity contribution in [2.75, 3.05) is 7.05 Å². The van der Waals surface area contributed by atoms with Crippen LogP contribution in [0.25, 0.3) is 0 Å². The zero-order valence-corrected chi connectivity index (χ0v) is 7.28. The first-order valence-corrected chi connectivity index (χ1v) is 3.91. The summed E-state index contributed by atoms with van der Waals surface area (Å²) in [5.41, 5.74) is 0. The maximum Gasteiger partial charge on any atom is 0.217 e. The van der Waals surface area contributed by atoms with E-state index in [4.69, 9.17) is 16.6 Å². The lowest BCUT2D eigenvalue weighted by Gasteiger charge is -2.14. The third kappa shape index (κ3) is 1.02. The van der Waals surface area contributed by atoms with Crippen LogP contribution in [0.15, 0.2) is 33.0 Å². The molecule has 0 saturated heterocycles. The van der Waals surface area contributed by atoms with Gasteiger partial charge in [0, 0.05) is 7.05 Å². The monoisotopic (exact) mass is 181 g/mol. The summed E-state index contributed by atoms with van der Waals surface area (Å²) < 4.78 is 5.18. The van der Waals surface area contributed by atoms with Crippen LogP contribution in [-0.4, -0.2) is 17.1 Å². The molecule has 5 heteroatoms. The predicted octanol–water partition coefficient (Wildman–Crippen LogP) is 1.96. The average molecular weight is 181 g/mol. The van der Waals surface area contributed by atoms with Crippen molar-refractivity contribution in [1.29, 1.82) is 0 Å². The number of hydrogen-bond acceptors (Lipinski definition) is 3. The Morgan fingerprint density at radius 2 is 2.50 bits per heavy atom. The second kappa shape index (κ2) is 2.67. The highest BCUT2D eigenvalue weighted by atomic mass is 32.1. The topological polar surface area (TPSA) is 41.1 Å². The van der Waals surface area contributed by atoms with Crippen molar-refractivity contribution in [3.8, 4) is 0 Å². The lowest BCUT2D eigenvalue weighted by molar-refractivity contribution is 0.341. The Balaban J connectivity index is 2.28. The molecule has 4 nitrogen and oxygen atoms in total. The van der Waals surface area contributed by atoms with Crippen LogP contribution in [0.5, 0.6) is 0 Å². The molecule has 2 rings (SSSR count). The van der Waals surface area contributed by atoms with E-state index < -0.39 is 0 Å². The quantitative estimate of drug-likeness (QED) is 0.622. The molecule has 1 aliphatic rings. The minimum absolute atomic E-state index is 0.174. The Morgan fingerprint density at radius 1 is 1.67 bits per heavy atom. The Morgan fingerprint density at radius 3 is 3.00 bits per heavy atom. The first-order chi connectivity index (χ1) is 5.79. The zero-order chi connectivity index (χ0) is 8.55. The van der Waals surface area contributed by atoms with E-state index in [9.17, 15) is 0 Å². The summed E-state index contributed by atoms with van der Waals surface area (Å²) in [6, 6.07) is 3.67. The summed E-state index contributed by atoms with van der Waals surface area (Å²) in [5, 5.41) is 8.23. The van der Waals surface area contributed by atoms with E-state index in [-0.39, 0.29) is 6.17 Å². The van der Waals surface area contributed by atoms with Crippen LogP contribution in [-0.2, 0) is 0 Å². The summed E-state index contributed by atoms with van der Waals surface area (Å²) in [5.74, 6) is 0.765. The van der Waals surface area contributed by atoms with E-state index in [1.807, 2.05) is 19.2 Å². The minimum Gasteiger partial charge on any atom is -0.465 e. The Bertz CT molecular complexity index is 319. The maximum absolute atomic E-state index is 5.18. The highest BCUT2D eigenvalue weighted by Gasteiger charge is 2.25. The molecule has 0 aromatic carbocycles.